The minimum absolute atomic E-state index is 0.332. The average Bonchev–Trinajstić information content (AvgIpc) is 2.52. The van der Waals surface area contributed by atoms with Crippen molar-refractivity contribution in [3.63, 3.8) is 0 Å². The van der Waals surface area contributed by atoms with E-state index >= 15 is 0 Å². The highest BCUT2D eigenvalue weighted by molar-refractivity contribution is 5.83. The number of aldehydes is 2. The fourth-order valence-electron chi connectivity index (χ4n) is 3.38. The minimum Gasteiger partial charge on any atom is -0.302 e. The molecule has 2 rings (SSSR count). The lowest BCUT2D eigenvalue weighted by Gasteiger charge is -2.17. The standard InChI is InChI=1S/C15H20O2/c1-10-4-12(8-16)13(9-17)5-11-6-15(2,3)7-14(10)11/h4-5,8-9,11-12,14H,6-7H2,1-3H3. The Balaban J connectivity index is 2.40. The third kappa shape index (κ3) is 2.26. The molecule has 3 unspecified atom stereocenters. The topological polar surface area (TPSA) is 34.1 Å². The molecule has 0 amide bonds. The zero-order valence-electron chi connectivity index (χ0n) is 10.8. The van der Waals surface area contributed by atoms with Gasteiger partial charge in [0.05, 0.1) is 5.92 Å². The number of hydrogen-bond donors (Lipinski definition) is 0. The Hall–Kier alpha value is -1.18. The van der Waals surface area contributed by atoms with Crippen LogP contribution in [0.25, 0.3) is 0 Å². The van der Waals surface area contributed by atoms with Crippen LogP contribution in [0.15, 0.2) is 23.3 Å². The van der Waals surface area contributed by atoms with Crippen molar-refractivity contribution in [2.45, 2.75) is 33.6 Å². The van der Waals surface area contributed by atoms with Gasteiger partial charge < -0.3 is 4.79 Å². The first-order valence-electron chi connectivity index (χ1n) is 6.27. The molecular formula is C15H20O2. The monoisotopic (exact) mass is 232 g/mol. The lowest BCUT2D eigenvalue weighted by Crippen LogP contribution is -2.07. The lowest BCUT2D eigenvalue weighted by atomic mass is 9.88. The molecule has 0 heterocycles. The quantitative estimate of drug-likeness (QED) is 0.542. The minimum atomic E-state index is -0.332. The van der Waals surface area contributed by atoms with Gasteiger partial charge in [-0.25, -0.2) is 0 Å². The van der Waals surface area contributed by atoms with Crippen LogP contribution >= 0.6 is 0 Å². The van der Waals surface area contributed by atoms with Crippen molar-refractivity contribution >= 4 is 12.6 Å². The first kappa shape index (κ1) is 12.3. The van der Waals surface area contributed by atoms with Crippen LogP contribution < -0.4 is 0 Å². The largest absolute Gasteiger partial charge is 0.302 e. The molecule has 0 saturated heterocycles. The van der Waals surface area contributed by atoms with Crippen LogP contribution in [0.5, 0.6) is 0 Å². The van der Waals surface area contributed by atoms with Crippen LogP contribution in [0.3, 0.4) is 0 Å². The van der Waals surface area contributed by atoms with Gasteiger partial charge in [0.1, 0.15) is 12.6 Å². The third-order valence-corrected chi connectivity index (χ3v) is 4.18. The molecule has 1 saturated carbocycles. The van der Waals surface area contributed by atoms with Crippen molar-refractivity contribution in [1.29, 1.82) is 0 Å². The van der Waals surface area contributed by atoms with Crippen LogP contribution in [0.4, 0.5) is 0 Å². The average molecular weight is 232 g/mol. The molecule has 2 aliphatic carbocycles. The number of hydrogen-bond acceptors (Lipinski definition) is 2. The Kier molecular flexibility index (Phi) is 3.07. The number of allylic oxidation sites excluding steroid dienone is 4. The van der Waals surface area contributed by atoms with Crippen LogP contribution in [0.2, 0.25) is 0 Å². The number of carbonyl (C=O) groups excluding carboxylic acids is 2. The van der Waals surface area contributed by atoms with Gasteiger partial charge >= 0.3 is 0 Å². The van der Waals surface area contributed by atoms with Crippen LogP contribution in [-0.2, 0) is 9.59 Å². The molecule has 92 valence electrons. The van der Waals surface area contributed by atoms with Crippen molar-refractivity contribution in [2.24, 2.45) is 23.2 Å². The summed E-state index contributed by atoms with van der Waals surface area (Å²) in [6.45, 7) is 6.65. The van der Waals surface area contributed by atoms with E-state index in [0.29, 0.717) is 22.8 Å². The summed E-state index contributed by atoms with van der Waals surface area (Å²) in [7, 11) is 0. The van der Waals surface area contributed by atoms with E-state index in [1.165, 1.54) is 5.57 Å². The second kappa shape index (κ2) is 4.25. The van der Waals surface area contributed by atoms with E-state index in [2.05, 4.69) is 20.8 Å². The molecule has 2 aliphatic rings. The number of fused-ring (bicyclic) bond motifs is 1. The van der Waals surface area contributed by atoms with Gasteiger partial charge in [0.2, 0.25) is 0 Å². The van der Waals surface area contributed by atoms with E-state index in [-0.39, 0.29) is 5.92 Å². The van der Waals surface area contributed by atoms with Crippen LogP contribution in [-0.4, -0.2) is 12.6 Å². The summed E-state index contributed by atoms with van der Waals surface area (Å²) in [5, 5.41) is 0. The van der Waals surface area contributed by atoms with Crippen LogP contribution in [0.1, 0.15) is 33.6 Å². The van der Waals surface area contributed by atoms with Gasteiger partial charge in [0.25, 0.3) is 0 Å². The molecule has 0 aliphatic heterocycles. The second-order valence-corrected chi connectivity index (χ2v) is 6.20. The van der Waals surface area contributed by atoms with Crippen molar-refractivity contribution in [1.82, 2.24) is 0 Å². The molecule has 0 radical (unpaired) electrons. The predicted molar refractivity (Wildman–Crippen MR) is 67.5 cm³/mol. The molecule has 2 nitrogen and oxygen atoms in total. The predicted octanol–water partition coefficient (Wildman–Crippen LogP) is 2.94. The molecule has 3 atom stereocenters. The maximum atomic E-state index is 11.1. The maximum Gasteiger partial charge on any atom is 0.146 e. The van der Waals surface area contributed by atoms with Gasteiger partial charge in [-0.2, -0.15) is 0 Å². The number of rotatable bonds is 2. The normalized spacial score (nSPS) is 35.4. The molecule has 1 fully saturated rings. The first-order chi connectivity index (χ1) is 7.96. The lowest BCUT2D eigenvalue weighted by molar-refractivity contribution is -0.111. The van der Waals surface area contributed by atoms with Gasteiger partial charge in [0, 0.05) is 5.57 Å². The summed E-state index contributed by atoms with van der Waals surface area (Å²) in [5.41, 5.74) is 2.25. The highest BCUT2D eigenvalue weighted by Gasteiger charge is 2.40. The Morgan fingerprint density at radius 3 is 2.53 bits per heavy atom. The summed E-state index contributed by atoms with van der Waals surface area (Å²) in [5.74, 6) is 0.595. The van der Waals surface area contributed by atoms with E-state index in [0.717, 1.165) is 25.4 Å². The van der Waals surface area contributed by atoms with Crippen molar-refractivity contribution in [3.05, 3.63) is 23.3 Å². The summed E-state index contributed by atoms with van der Waals surface area (Å²) in [6, 6.07) is 0. The molecule has 0 aromatic rings. The van der Waals surface area contributed by atoms with E-state index in [1.807, 2.05) is 12.2 Å². The van der Waals surface area contributed by atoms with E-state index in [9.17, 15) is 9.59 Å². The van der Waals surface area contributed by atoms with Gasteiger partial charge in [-0.1, -0.05) is 31.6 Å². The van der Waals surface area contributed by atoms with Gasteiger partial charge in [-0.15, -0.1) is 0 Å². The van der Waals surface area contributed by atoms with Crippen molar-refractivity contribution in [3.8, 4) is 0 Å². The number of carbonyl (C=O) groups is 2. The Bertz CT molecular complexity index is 401. The highest BCUT2D eigenvalue weighted by Crippen LogP contribution is 2.50. The maximum absolute atomic E-state index is 11.1. The van der Waals surface area contributed by atoms with Crippen molar-refractivity contribution in [2.75, 3.05) is 0 Å². The Labute approximate surface area is 103 Å². The highest BCUT2D eigenvalue weighted by atomic mass is 16.1. The molecule has 0 aromatic heterocycles. The van der Waals surface area contributed by atoms with Gasteiger partial charge in [-0.05, 0) is 37.0 Å². The summed E-state index contributed by atoms with van der Waals surface area (Å²) in [4.78, 5) is 22.1. The Morgan fingerprint density at radius 2 is 1.94 bits per heavy atom. The van der Waals surface area contributed by atoms with E-state index in [1.54, 1.807) is 0 Å². The molecular weight excluding hydrogens is 212 g/mol. The smallest absolute Gasteiger partial charge is 0.146 e. The van der Waals surface area contributed by atoms with E-state index in [4.69, 9.17) is 0 Å². The first-order valence-corrected chi connectivity index (χ1v) is 6.27. The SMILES string of the molecule is CC1=CC(C=O)C(C=O)=CC2CC(C)(C)CC12. The Morgan fingerprint density at radius 1 is 1.24 bits per heavy atom. The zero-order valence-corrected chi connectivity index (χ0v) is 10.8. The molecule has 0 spiro atoms. The molecule has 2 heteroatoms. The summed E-state index contributed by atoms with van der Waals surface area (Å²) in [6.07, 6.45) is 7.98. The fourth-order valence-corrected chi connectivity index (χ4v) is 3.38. The zero-order chi connectivity index (χ0) is 12.6. The summed E-state index contributed by atoms with van der Waals surface area (Å²) < 4.78 is 0. The third-order valence-electron chi connectivity index (χ3n) is 4.18. The molecule has 17 heavy (non-hydrogen) atoms. The fraction of sp³-hybridized carbons (Fsp3) is 0.600. The second-order valence-electron chi connectivity index (χ2n) is 6.20. The molecule has 0 bridgehead atoms. The summed E-state index contributed by atoms with van der Waals surface area (Å²) >= 11 is 0. The van der Waals surface area contributed by atoms with Crippen molar-refractivity contribution < 1.29 is 9.59 Å². The van der Waals surface area contributed by atoms with E-state index < -0.39 is 0 Å². The molecule has 0 N–H and O–H groups in total. The molecule has 0 aromatic carbocycles. The van der Waals surface area contributed by atoms with Crippen LogP contribution in [0, 0.1) is 23.2 Å². The van der Waals surface area contributed by atoms with Gasteiger partial charge in [-0.3, -0.25) is 4.79 Å². The van der Waals surface area contributed by atoms with Gasteiger partial charge in [0.15, 0.2) is 0 Å².